The van der Waals surface area contributed by atoms with E-state index in [2.05, 4.69) is 15.6 Å². The number of methoxy groups -OCH3 is 1. The Hall–Kier alpha value is -0.820. The zero-order valence-electron chi connectivity index (χ0n) is 12.1. The van der Waals surface area contributed by atoms with Gasteiger partial charge in [-0.15, -0.1) is 0 Å². The van der Waals surface area contributed by atoms with Gasteiger partial charge in [-0.3, -0.25) is 4.99 Å². The van der Waals surface area contributed by atoms with Gasteiger partial charge in [-0.05, 0) is 20.8 Å². The van der Waals surface area contributed by atoms with Crippen molar-refractivity contribution in [2.45, 2.75) is 31.6 Å². The van der Waals surface area contributed by atoms with Gasteiger partial charge in [0.1, 0.15) is 0 Å². The van der Waals surface area contributed by atoms with Crippen molar-refractivity contribution in [2.24, 2.45) is 4.99 Å². The first kappa shape index (κ1) is 17.2. The minimum atomic E-state index is -3.11. The fourth-order valence-corrected chi connectivity index (χ4v) is 1.48. The van der Waals surface area contributed by atoms with Crippen molar-refractivity contribution in [3.63, 3.8) is 0 Å². The van der Waals surface area contributed by atoms with E-state index >= 15 is 0 Å². The Morgan fingerprint density at radius 1 is 1.44 bits per heavy atom. The zero-order chi connectivity index (χ0) is 14.4. The third-order valence-electron chi connectivity index (χ3n) is 2.71. The Balaban J connectivity index is 4.43. The minimum absolute atomic E-state index is 0.0996. The van der Waals surface area contributed by atoms with Crippen LogP contribution in [0.4, 0.5) is 0 Å². The van der Waals surface area contributed by atoms with Gasteiger partial charge in [0.05, 0.1) is 11.4 Å². The molecule has 0 bridgehead atoms. The molecule has 7 heteroatoms. The summed E-state index contributed by atoms with van der Waals surface area (Å²) in [6, 6.07) is 0.0996. The first-order chi connectivity index (χ1) is 8.14. The second-order valence-electron chi connectivity index (χ2n) is 4.96. The fraction of sp³-hybridized carbons (Fsp3) is 0.909. The third kappa shape index (κ3) is 5.68. The van der Waals surface area contributed by atoms with E-state index in [4.69, 9.17) is 4.74 Å². The van der Waals surface area contributed by atoms with Crippen LogP contribution in [0.15, 0.2) is 4.99 Å². The van der Waals surface area contributed by atoms with Crippen molar-refractivity contribution in [1.82, 2.24) is 10.6 Å². The molecule has 0 radical (unpaired) electrons. The Morgan fingerprint density at radius 2 is 2.00 bits per heavy atom. The number of nitrogens with zero attached hydrogens (tertiary/aromatic N) is 1. The van der Waals surface area contributed by atoms with Gasteiger partial charge in [0.15, 0.2) is 15.8 Å². The SMILES string of the molecule is CN=C(NCC(C)(C)S(C)(=O)=O)NC(C)COC. The average molecular weight is 279 g/mol. The summed E-state index contributed by atoms with van der Waals surface area (Å²) in [7, 11) is 0.152. The van der Waals surface area contributed by atoms with E-state index in [9.17, 15) is 8.42 Å². The maximum atomic E-state index is 11.6. The van der Waals surface area contributed by atoms with Crippen LogP contribution in [0.3, 0.4) is 0 Å². The second-order valence-corrected chi connectivity index (χ2v) is 7.61. The molecule has 0 aliphatic rings. The van der Waals surface area contributed by atoms with Gasteiger partial charge < -0.3 is 15.4 Å². The first-order valence-corrected chi connectivity index (χ1v) is 7.69. The highest BCUT2D eigenvalue weighted by atomic mass is 32.2. The molecule has 1 unspecified atom stereocenters. The van der Waals surface area contributed by atoms with E-state index in [1.165, 1.54) is 6.26 Å². The molecule has 18 heavy (non-hydrogen) atoms. The summed E-state index contributed by atoms with van der Waals surface area (Å²) < 4.78 is 27.3. The van der Waals surface area contributed by atoms with Gasteiger partial charge in [0.2, 0.25) is 0 Å². The monoisotopic (exact) mass is 279 g/mol. The molecule has 0 saturated carbocycles. The molecule has 0 saturated heterocycles. The largest absolute Gasteiger partial charge is 0.383 e. The van der Waals surface area contributed by atoms with E-state index in [0.717, 1.165) is 0 Å². The van der Waals surface area contributed by atoms with Crippen LogP contribution in [-0.4, -0.2) is 58.7 Å². The van der Waals surface area contributed by atoms with Gasteiger partial charge >= 0.3 is 0 Å². The van der Waals surface area contributed by atoms with Crippen LogP contribution < -0.4 is 10.6 Å². The molecule has 6 nitrogen and oxygen atoms in total. The lowest BCUT2D eigenvalue weighted by Gasteiger charge is -2.25. The molecule has 0 aliphatic heterocycles. The topological polar surface area (TPSA) is 79.8 Å². The molecule has 0 aromatic heterocycles. The van der Waals surface area contributed by atoms with Crippen molar-refractivity contribution in [3.8, 4) is 0 Å². The van der Waals surface area contributed by atoms with Crippen LogP contribution >= 0.6 is 0 Å². The van der Waals surface area contributed by atoms with Crippen LogP contribution in [-0.2, 0) is 14.6 Å². The highest BCUT2D eigenvalue weighted by molar-refractivity contribution is 7.92. The highest BCUT2D eigenvalue weighted by Gasteiger charge is 2.30. The summed E-state index contributed by atoms with van der Waals surface area (Å²) in [5, 5.41) is 6.12. The number of hydrogen-bond acceptors (Lipinski definition) is 4. The van der Waals surface area contributed by atoms with Crippen molar-refractivity contribution >= 4 is 15.8 Å². The molecule has 0 spiro atoms. The number of sulfone groups is 1. The van der Waals surface area contributed by atoms with Crippen LogP contribution in [0.25, 0.3) is 0 Å². The molecule has 108 valence electrons. The molecule has 0 aromatic rings. The molecule has 0 heterocycles. The molecular weight excluding hydrogens is 254 g/mol. The van der Waals surface area contributed by atoms with Gasteiger partial charge in [-0.25, -0.2) is 8.42 Å². The lowest BCUT2D eigenvalue weighted by Crippen LogP contribution is -2.50. The zero-order valence-corrected chi connectivity index (χ0v) is 12.9. The molecule has 0 amide bonds. The molecule has 2 N–H and O–H groups in total. The fourth-order valence-electron chi connectivity index (χ4n) is 1.15. The molecule has 1 atom stereocenters. The Morgan fingerprint density at radius 3 is 2.39 bits per heavy atom. The summed E-state index contributed by atoms with van der Waals surface area (Å²) >= 11 is 0. The summed E-state index contributed by atoms with van der Waals surface area (Å²) in [5.74, 6) is 0.566. The number of ether oxygens (including phenoxy) is 1. The first-order valence-electron chi connectivity index (χ1n) is 5.79. The Labute approximate surface area is 110 Å². The molecule has 0 rings (SSSR count). The van der Waals surface area contributed by atoms with E-state index in [-0.39, 0.29) is 6.04 Å². The predicted molar refractivity (Wildman–Crippen MR) is 74.8 cm³/mol. The molecule has 0 fully saturated rings. The van der Waals surface area contributed by atoms with E-state index in [1.807, 2.05) is 6.92 Å². The number of hydrogen-bond donors (Lipinski definition) is 2. The second kappa shape index (κ2) is 6.94. The molecule has 0 aromatic carbocycles. The lowest BCUT2D eigenvalue weighted by molar-refractivity contribution is 0.179. The van der Waals surface area contributed by atoms with Crippen LogP contribution in [0.1, 0.15) is 20.8 Å². The quantitative estimate of drug-likeness (QED) is 0.529. The maximum Gasteiger partial charge on any atom is 0.191 e. The van der Waals surface area contributed by atoms with E-state index in [1.54, 1.807) is 28.0 Å². The normalized spacial score (nSPS) is 15.3. The molecule has 0 aliphatic carbocycles. The van der Waals surface area contributed by atoms with E-state index in [0.29, 0.717) is 19.1 Å². The maximum absolute atomic E-state index is 11.6. The highest BCUT2D eigenvalue weighted by Crippen LogP contribution is 2.13. The van der Waals surface area contributed by atoms with Gasteiger partial charge in [0.25, 0.3) is 0 Å². The van der Waals surface area contributed by atoms with Crippen LogP contribution in [0, 0.1) is 0 Å². The van der Waals surface area contributed by atoms with E-state index < -0.39 is 14.6 Å². The number of guanidine groups is 1. The van der Waals surface area contributed by atoms with Crippen LogP contribution in [0.2, 0.25) is 0 Å². The van der Waals surface area contributed by atoms with Crippen molar-refractivity contribution in [1.29, 1.82) is 0 Å². The standard InChI is InChI=1S/C11H25N3O3S/c1-9(7-17-5)14-10(12-4)13-8-11(2,3)18(6,15)16/h9H,7-8H2,1-6H3,(H2,12,13,14). The van der Waals surface area contributed by atoms with Crippen molar-refractivity contribution in [2.75, 3.05) is 33.6 Å². The number of nitrogens with one attached hydrogen (secondary N) is 2. The average Bonchev–Trinajstić information content (AvgIpc) is 2.22. The molecular formula is C11H25N3O3S. The number of aliphatic imine (C=N–C) groups is 1. The Bertz CT molecular complexity index is 377. The summed E-state index contributed by atoms with van der Waals surface area (Å²) in [6.45, 7) is 6.17. The summed E-state index contributed by atoms with van der Waals surface area (Å²) in [5.41, 5.74) is 0. The van der Waals surface area contributed by atoms with Crippen molar-refractivity contribution < 1.29 is 13.2 Å². The Kier molecular flexibility index (Phi) is 6.62. The third-order valence-corrected chi connectivity index (χ3v) is 4.86. The van der Waals surface area contributed by atoms with Gasteiger partial charge in [0, 0.05) is 33.0 Å². The predicted octanol–water partition coefficient (Wildman–Crippen LogP) is 0.00950. The van der Waals surface area contributed by atoms with Gasteiger partial charge in [-0.2, -0.15) is 0 Å². The minimum Gasteiger partial charge on any atom is -0.383 e. The van der Waals surface area contributed by atoms with Gasteiger partial charge in [-0.1, -0.05) is 0 Å². The number of rotatable bonds is 6. The lowest BCUT2D eigenvalue weighted by atomic mass is 10.2. The van der Waals surface area contributed by atoms with Crippen molar-refractivity contribution in [3.05, 3.63) is 0 Å². The summed E-state index contributed by atoms with van der Waals surface area (Å²) in [6.07, 6.45) is 1.23. The summed E-state index contributed by atoms with van der Waals surface area (Å²) in [4.78, 5) is 4.04. The van der Waals surface area contributed by atoms with Crippen LogP contribution in [0.5, 0.6) is 0 Å². The smallest absolute Gasteiger partial charge is 0.191 e.